The first-order valence-corrected chi connectivity index (χ1v) is 8.69. The van der Waals surface area contributed by atoms with Gasteiger partial charge in [-0.25, -0.2) is 4.79 Å². The lowest BCUT2D eigenvalue weighted by atomic mass is 9.94. The number of nitrogens with one attached hydrogen (secondary N) is 3. The zero-order valence-corrected chi connectivity index (χ0v) is 15.8. The van der Waals surface area contributed by atoms with Crippen LogP contribution < -0.4 is 20.7 Å². The van der Waals surface area contributed by atoms with Crippen molar-refractivity contribution in [2.75, 3.05) is 12.4 Å². The third kappa shape index (κ3) is 4.11. The summed E-state index contributed by atoms with van der Waals surface area (Å²) in [5, 5.41) is 8.46. The van der Waals surface area contributed by atoms with Crippen LogP contribution in [-0.2, 0) is 4.79 Å². The first-order valence-electron chi connectivity index (χ1n) is 8.69. The highest BCUT2D eigenvalue weighted by atomic mass is 16.5. The maximum atomic E-state index is 13.1. The van der Waals surface area contributed by atoms with Gasteiger partial charge in [0.15, 0.2) is 0 Å². The summed E-state index contributed by atoms with van der Waals surface area (Å²) in [5.74, 6) is 0.393. The maximum Gasteiger partial charge on any atom is 0.319 e. The zero-order chi connectivity index (χ0) is 19.6. The predicted molar refractivity (Wildman–Crippen MR) is 105 cm³/mol. The maximum absolute atomic E-state index is 13.1. The second kappa shape index (κ2) is 7.53. The fourth-order valence-corrected chi connectivity index (χ4v) is 3.31. The van der Waals surface area contributed by atoms with E-state index in [0.29, 0.717) is 17.0 Å². The number of aryl methyl sites for hydroxylation is 2. The summed E-state index contributed by atoms with van der Waals surface area (Å²) in [5.41, 5.74) is 4.61. The van der Waals surface area contributed by atoms with Crippen LogP contribution in [0.3, 0.4) is 0 Å². The van der Waals surface area contributed by atoms with E-state index in [1.165, 1.54) is 0 Å². The molecule has 1 aliphatic heterocycles. The largest absolute Gasteiger partial charge is 0.497 e. The molecule has 3 N–H and O–H groups in total. The minimum Gasteiger partial charge on any atom is -0.497 e. The molecule has 0 spiro atoms. The van der Waals surface area contributed by atoms with E-state index in [1.807, 2.05) is 56.3 Å². The first-order chi connectivity index (χ1) is 12.9. The Hall–Kier alpha value is -3.28. The highest BCUT2D eigenvalue weighted by Gasteiger charge is 2.31. The molecule has 0 bridgehead atoms. The lowest BCUT2D eigenvalue weighted by Crippen LogP contribution is -2.45. The van der Waals surface area contributed by atoms with Gasteiger partial charge in [0.2, 0.25) is 0 Å². The number of carbonyl (C=O) groups excluding carboxylic acids is 2. The highest BCUT2D eigenvalue weighted by Crippen LogP contribution is 2.30. The van der Waals surface area contributed by atoms with Crippen LogP contribution in [0, 0.1) is 13.8 Å². The van der Waals surface area contributed by atoms with Gasteiger partial charge in [-0.15, -0.1) is 0 Å². The van der Waals surface area contributed by atoms with Crippen molar-refractivity contribution in [1.29, 1.82) is 0 Å². The van der Waals surface area contributed by atoms with E-state index >= 15 is 0 Å². The molecule has 3 amide bonds. The molecular formula is C21H23N3O3. The molecule has 140 valence electrons. The van der Waals surface area contributed by atoms with Crippen molar-refractivity contribution in [1.82, 2.24) is 10.6 Å². The second-order valence-electron chi connectivity index (χ2n) is 6.68. The molecule has 0 fully saturated rings. The number of ether oxygens (including phenoxy) is 1. The van der Waals surface area contributed by atoms with Crippen molar-refractivity contribution in [3.63, 3.8) is 0 Å². The van der Waals surface area contributed by atoms with Crippen LogP contribution in [0.15, 0.2) is 53.7 Å². The fourth-order valence-electron chi connectivity index (χ4n) is 3.31. The number of hydrogen-bond donors (Lipinski definition) is 3. The minimum absolute atomic E-state index is 0.266. The van der Waals surface area contributed by atoms with Gasteiger partial charge in [0.1, 0.15) is 5.75 Å². The lowest BCUT2D eigenvalue weighted by Gasteiger charge is -2.29. The van der Waals surface area contributed by atoms with Crippen LogP contribution in [0.5, 0.6) is 5.75 Å². The number of methoxy groups -OCH3 is 1. The van der Waals surface area contributed by atoms with Crippen molar-refractivity contribution in [2.45, 2.75) is 26.8 Å². The van der Waals surface area contributed by atoms with Gasteiger partial charge in [-0.3, -0.25) is 4.79 Å². The second-order valence-corrected chi connectivity index (χ2v) is 6.68. The predicted octanol–water partition coefficient (Wildman–Crippen LogP) is 3.58. The van der Waals surface area contributed by atoms with Gasteiger partial charge in [-0.2, -0.15) is 0 Å². The summed E-state index contributed by atoms with van der Waals surface area (Å²) in [7, 11) is 1.58. The molecule has 0 aliphatic carbocycles. The van der Waals surface area contributed by atoms with Crippen LogP contribution in [0.2, 0.25) is 0 Å². The number of benzene rings is 2. The third-order valence-corrected chi connectivity index (χ3v) is 4.42. The van der Waals surface area contributed by atoms with E-state index in [1.54, 1.807) is 14.0 Å². The van der Waals surface area contributed by atoms with Gasteiger partial charge in [0.25, 0.3) is 5.91 Å². The molecule has 0 saturated carbocycles. The summed E-state index contributed by atoms with van der Waals surface area (Å²) < 4.78 is 5.27. The van der Waals surface area contributed by atoms with Crippen LogP contribution in [-0.4, -0.2) is 19.0 Å². The molecule has 0 saturated heterocycles. The van der Waals surface area contributed by atoms with E-state index in [0.717, 1.165) is 22.4 Å². The Balaban J connectivity index is 1.96. The monoisotopic (exact) mass is 365 g/mol. The molecule has 1 aliphatic rings. The summed E-state index contributed by atoms with van der Waals surface area (Å²) in [6.07, 6.45) is 0. The molecule has 27 heavy (non-hydrogen) atoms. The van der Waals surface area contributed by atoms with Crippen LogP contribution in [0.4, 0.5) is 10.5 Å². The van der Waals surface area contributed by atoms with Gasteiger partial charge >= 0.3 is 6.03 Å². The molecule has 1 unspecified atom stereocenters. The standard InChI is InChI=1S/C21H23N3O3/c1-12-8-13(2)10-16(9-12)23-20(25)18-14(3)22-21(26)24-19(18)15-6-5-7-17(11-15)27-4/h5-11,19H,1-4H3,(H,23,25)(H2,22,24,26). The van der Waals surface area contributed by atoms with Crippen molar-refractivity contribution in [3.8, 4) is 5.75 Å². The van der Waals surface area contributed by atoms with Gasteiger partial charge in [0, 0.05) is 11.4 Å². The van der Waals surface area contributed by atoms with E-state index in [4.69, 9.17) is 4.74 Å². The van der Waals surface area contributed by atoms with Crippen LogP contribution in [0.1, 0.15) is 29.7 Å². The number of carbonyl (C=O) groups is 2. The van der Waals surface area contributed by atoms with Crippen LogP contribution >= 0.6 is 0 Å². The van der Waals surface area contributed by atoms with Gasteiger partial charge < -0.3 is 20.7 Å². The molecule has 0 aromatic heterocycles. The number of allylic oxidation sites excluding steroid dienone is 1. The molecule has 3 rings (SSSR count). The quantitative estimate of drug-likeness (QED) is 0.775. The Labute approximate surface area is 158 Å². The van der Waals surface area contributed by atoms with E-state index in [2.05, 4.69) is 16.0 Å². The Morgan fingerprint density at radius 3 is 2.44 bits per heavy atom. The van der Waals surface area contributed by atoms with Crippen LogP contribution in [0.25, 0.3) is 0 Å². The molecule has 2 aromatic carbocycles. The van der Waals surface area contributed by atoms with E-state index in [9.17, 15) is 9.59 Å². The Bertz CT molecular complexity index is 914. The number of rotatable bonds is 4. The highest BCUT2D eigenvalue weighted by molar-refractivity contribution is 6.06. The average Bonchev–Trinajstić information content (AvgIpc) is 2.60. The van der Waals surface area contributed by atoms with Crippen molar-refractivity contribution >= 4 is 17.6 Å². The number of urea groups is 1. The molecule has 0 radical (unpaired) electrons. The van der Waals surface area contributed by atoms with Crippen molar-refractivity contribution in [2.24, 2.45) is 0 Å². The van der Waals surface area contributed by atoms with Crippen molar-refractivity contribution < 1.29 is 14.3 Å². The van der Waals surface area contributed by atoms with E-state index < -0.39 is 6.04 Å². The lowest BCUT2D eigenvalue weighted by molar-refractivity contribution is -0.113. The summed E-state index contributed by atoms with van der Waals surface area (Å²) in [6, 6.07) is 12.3. The van der Waals surface area contributed by atoms with Gasteiger partial charge in [-0.1, -0.05) is 18.2 Å². The molecular weight excluding hydrogens is 342 g/mol. The molecule has 2 aromatic rings. The summed E-state index contributed by atoms with van der Waals surface area (Å²) in [6.45, 7) is 5.69. The average molecular weight is 365 g/mol. The van der Waals surface area contributed by atoms with Gasteiger partial charge in [-0.05, 0) is 61.7 Å². The molecule has 1 atom stereocenters. The molecule has 1 heterocycles. The molecule has 6 heteroatoms. The number of anilines is 1. The number of amides is 3. The summed E-state index contributed by atoms with van der Waals surface area (Å²) in [4.78, 5) is 25.1. The first kappa shape index (κ1) is 18.5. The Morgan fingerprint density at radius 2 is 1.78 bits per heavy atom. The SMILES string of the molecule is COc1cccc(C2NC(=O)NC(C)=C2C(=O)Nc2cc(C)cc(C)c2)c1. The number of hydrogen-bond acceptors (Lipinski definition) is 3. The normalized spacial score (nSPS) is 16.4. The Morgan fingerprint density at radius 1 is 1.07 bits per heavy atom. The third-order valence-electron chi connectivity index (χ3n) is 4.42. The Kier molecular flexibility index (Phi) is 5.16. The fraction of sp³-hybridized carbons (Fsp3) is 0.238. The topological polar surface area (TPSA) is 79.5 Å². The molecule has 6 nitrogen and oxygen atoms in total. The van der Waals surface area contributed by atoms with Crippen molar-refractivity contribution in [3.05, 3.63) is 70.4 Å². The minimum atomic E-state index is -0.570. The smallest absolute Gasteiger partial charge is 0.319 e. The zero-order valence-electron chi connectivity index (χ0n) is 15.8. The van der Waals surface area contributed by atoms with Gasteiger partial charge in [0.05, 0.1) is 18.7 Å². The van der Waals surface area contributed by atoms with E-state index in [-0.39, 0.29) is 11.9 Å². The summed E-state index contributed by atoms with van der Waals surface area (Å²) >= 11 is 0.